The van der Waals surface area contributed by atoms with E-state index in [1.54, 1.807) is 4.90 Å². The van der Waals surface area contributed by atoms with E-state index in [0.717, 1.165) is 0 Å². The number of hydrogen-bond acceptors (Lipinski definition) is 4. The van der Waals surface area contributed by atoms with Crippen LogP contribution in [-0.2, 0) is 9.59 Å². The van der Waals surface area contributed by atoms with E-state index in [4.69, 9.17) is 5.11 Å². The smallest absolute Gasteiger partial charge is 0.321 e. The number of carbonyl (C=O) groups excluding carboxylic acids is 2. The molecule has 0 bridgehead atoms. The highest BCUT2D eigenvalue weighted by atomic mass is 16.4. The Hall–Kier alpha value is -1.63. The van der Waals surface area contributed by atoms with Gasteiger partial charge in [-0.3, -0.25) is 19.8 Å². The number of carboxylic acid groups (broad SMARTS) is 1. The maximum Gasteiger partial charge on any atom is 0.321 e. The second-order valence-corrected chi connectivity index (χ2v) is 4.24. The maximum absolute atomic E-state index is 11.4. The summed E-state index contributed by atoms with van der Waals surface area (Å²) >= 11 is 0. The standard InChI is InChI=1S/C10H17N3O4/c1-6-3-13(4-7(6)9(15)16)5-8(14)12-10(17)11-2/h6-7H,3-5H2,1-2H3,(H,15,16)(H2,11,12,14,17). The number of urea groups is 1. The SMILES string of the molecule is CNC(=O)NC(=O)CN1CC(C)C(C(=O)O)C1. The first-order valence-corrected chi connectivity index (χ1v) is 5.40. The Labute approximate surface area is 99.2 Å². The van der Waals surface area contributed by atoms with Crippen molar-refractivity contribution in [3.63, 3.8) is 0 Å². The summed E-state index contributed by atoms with van der Waals surface area (Å²) in [5.41, 5.74) is 0. The average molecular weight is 243 g/mol. The van der Waals surface area contributed by atoms with Gasteiger partial charge in [-0.05, 0) is 5.92 Å². The summed E-state index contributed by atoms with van der Waals surface area (Å²) in [7, 11) is 1.42. The molecule has 1 aliphatic heterocycles. The maximum atomic E-state index is 11.4. The average Bonchev–Trinajstić information content (AvgIpc) is 2.59. The minimum Gasteiger partial charge on any atom is -0.481 e. The lowest BCUT2D eigenvalue weighted by Gasteiger charge is -2.14. The van der Waals surface area contributed by atoms with Crippen molar-refractivity contribution in [3.05, 3.63) is 0 Å². The lowest BCUT2D eigenvalue weighted by Crippen LogP contribution is -2.43. The summed E-state index contributed by atoms with van der Waals surface area (Å²) < 4.78 is 0. The Balaban J connectivity index is 2.42. The lowest BCUT2D eigenvalue weighted by molar-refractivity contribution is -0.142. The first-order chi connectivity index (χ1) is 7.93. The van der Waals surface area contributed by atoms with Crippen molar-refractivity contribution in [2.45, 2.75) is 6.92 Å². The number of likely N-dealkylation sites (tertiary alicyclic amines) is 1. The molecule has 1 rings (SSSR count). The normalized spacial score (nSPS) is 24.4. The second kappa shape index (κ2) is 5.62. The summed E-state index contributed by atoms with van der Waals surface area (Å²) in [4.78, 5) is 34.9. The number of nitrogens with one attached hydrogen (secondary N) is 2. The largest absolute Gasteiger partial charge is 0.481 e. The van der Waals surface area contributed by atoms with Crippen molar-refractivity contribution in [3.8, 4) is 0 Å². The third kappa shape index (κ3) is 3.70. The predicted molar refractivity (Wildman–Crippen MR) is 59.3 cm³/mol. The molecular formula is C10H17N3O4. The first-order valence-electron chi connectivity index (χ1n) is 5.40. The minimum absolute atomic E-state index is 0.0142. The number of imide groups is 1. The molecule has 0 spiro atoms. The highest BCUT2D eigenvalue weighted by molar-refractivity contribution is 5.95. The molecule has 0 saturated carbocycles. The van der Waals surface area contributed by atoms with Gasteiger partial charge in [-0.25, -0.2) is 4.79 Å². The van der Waals surface area contributed by atoms with Crippen LogP contribution in [0.2, 0.25) is 0 Å². The summed E-state index contributed by atoms with van der Waals surface area (Å²) in [6, 6.07) is -0.558. The molecule has 3 amide bonds. The van der Waals surface area contributed by atoms with E-state index in [1.807, 2.05) is 6.92 Å². The van der Waals surface area contributed by atoms with E-state index >= 15 is 0 Å². The van der Waals surface area contributed by atoms with E-state index in [1.165, 1.54) is 7.05 Å². The van der Waals surface area contributed by atoms with Crippen LogP contribution in [0.1, 0.15) is 6.92 Å². The summed E-state index contributed by atoms with van der Waals surface area (Å²) in [6.45, 7) is 2.78. The molecule has 2 unspecified atom stereocenters. The molecule has 7 heteroatoms. The van der Waals surface area contributed by atoms with Crippen molar-refractivity contribution in [2.75, 3.05) is 26.7 Å². The fourth-order valence-corrected chi connectivity index (χ4v) is 1.95. The molecule has 1 heterocycles. The number of hydrogen-bond donors (Lipinski definition) is 3. The van der Waals surface area contributed by atoms with Crippen LogP contribution >= 0.6 is 0 Å². The van der Waals surface area contributed by atoms with E-state index in [9.17, 15) is 14.4 Å². The molecule has 0 aromatic rings. The molecule has 2 atom stereocenters. The van der Waals surface area contributed by atoms with E-state index in [0.29, 0.717) is 13.1 Å². The molecule has 96 valence electrons. The van der Waals surface area contributed by atoms with E-state index < -0.39 is 23.8 Å². The Morgan fingerprint density at radius 2 is 2.00 bits per heavy atom. The topological polar surface area (TPSA) is 98.7 Å². The van der Waals surface area contributed by atoms with E-state index in [2.05, 4.69) is 10.6 Å². The van der Waals surface area contributed by atoms with Crippen LogP contribution in [0.4, 0.5) is 4.79 Å². The zero-order valence-electron chi connectivity index (χ0n) is 9.90. The fraction of sp³-hybridized carbons (Fsp3) is 0.700. The van der Waals surface area contributed by atoms with Crippen molar-refractivity contribution in [1.29, 1.82) is 0 Å². The Morgan fingerprint density at radius 3 is 2.47 bits per heavy atom. The molecule has 3 N–H and O–H groups in total. The number of aliphatic carboxylic acids is 1. The van der Waals surface area contributed by atoms with Crippen LogP contribution in [0.25, 0.3) is 0 Å². The highest BCUT2D eigenvalue weighted by Crippen LogP contribution is 2.22. The van der Waals surface area contributed by atoms with Gasteiger partial charge in [0.1, 0.15) is 0 Å². The number of rotatable bonds is 3. The van der Waals surface area contributed by atoms with Crippen molar-refractivity contribution in [2.24, 2.45) is 11.8 Å². The van der Waals surface area contributed by atoms with Crippen LogP contribution in [-0.4, -0.2) is 54.6 Å². The summed E-state index contributed by atoms with van der Waals surface area (Å²) in [5.74, 6) is -1.70. The molecule has 0 aromatic heterocycles. The Kier molecular flexibility index (Phi) is 4.45. The van der Waals surface area contributed by atoms with Crippen molar-refractivity contribution < 1.29 is 19.5 Å². The number of nitrogens with zero attached hydrogens (tertiary/aromatic N) is 1. The predicted octanol–water partition coefficient (Wildman–Crippen LogP) is -0.905. The van der Waals surface area contributed by atoms with Crippen LogP contribution in [0.3, 0.4) is 0 Å². The highest BCUT2D eigenvalue weighted by Gasteiger charge is 2.35. The minimum atomic E-state index is -0.841. The monoisotopic (exact) mass is 243 g/mol. The van der Waals surface area contributed by atoms with Gasteiger partial charge < -0.3 is 10.4 Å². The molecule has 17 heavy (non-hydrogen) atoms. The molecule has 0 aliphatic carbocycles. The van der Waals surface area contributed by atoms with Crippen LogP contribution in [0.5, 0.6) is 0 Å². The van der Waals surface area contributed by atoms with Gasteiger partial charge >= 0.3 is 12.0 Å². The van der Waals surface area contributed by atoms with Gasteiger partial charge in [0, 0.05) is 20.1 Å². The third-order valence-corrected chi connectivity index (χ3v) is 2.85. The number of carbonyl (C=O) groups is 3. The Morgan fingerprint density at radius 1 is 1.35 bits per heavy atom. The third-order valence-electron chi connectivity index (χ3n) is 2.85. The summed E-state index contributed by atoms with van der Waals surface area (Å²) in [6.07, 6.45) is 0. The number of amides is 3. The van der Waals surface area contributed by atoms with Crippen LogP contribution in [0.15, 0.2) is 0 Å². The van der Waals surface area contributed by atoms with Gasteiger partial charge in [-0.1, -0.05) is 6.92 Å². The van der Waals surface area contributed by atoms with Crippen LogP contribution in [0, 0.1) is 11.8 Å². The fourth-order valence-electron chi connectivity index (χ4n) is 1.95. The van der Waals surface area contributed by atoms with Crippen molar-refractivity contribution in [1.82, 2.24) is 15.5 Å². The molecule has 0 aromatic carbocycles. The number of carboxylic acids is 1. The van der Waals surface area contributed by atoms with Crippen molar-refractivity contribution >= 4 is 17.9 Å². The van der Waals surface area contributed by atoms with Gasteiger partial charge in [-0.15, -0.1) is 0 Å². The molecule has 1 saturated heterocycles. The summed E-state index contributed by atoms with van der Waals surface area (Å²) in [5, 5.41) is 13.3. The first kappa shape index (κ1) is 13.4. The van der Waals surface area contributed by atoms with Gasteiger partial charge in [0.25, 0.3) is 0 Å². The zero-order valence-corrected chi connectivity index (χ0v) is 9.90. The van der Waals surface area contributed by atoms with Crippen LogP contribution < -0.4 is 10.6 Å². The molecular weight excluding hydrogens is 226 g/mol. The van der Waals surface area contributed by atoms with Gasteiger partial charge in [0.05, 0.1) is 12.5 Å². The van der Waals surface area contributed by atoms with Gasteiger partial charge in [0.2, 0.25) is 5.91 Å². The quantitative estimate of drug-likeness (QED) is 0.596. The molecule has 0 radical (unpaired) electrons. The lowest BCUT2D eigenvalue weighted by atomic mass is 9.99. The molecule has 7 nitrogen and oxygen atoms in total. The second-order valence-electron chi connectivity index (χ2n) is 4.24. The Bertz CT molecular complexity index is 332. The molecule has 1 fully saturated rings. The molecule has 1 aliphatic rings. The van der Waals surface area contributed by atoms with Gasteiger partial charge in [0.15, 0.2) is 0 Å². The zero-order chi connectivity index (χ0) is 13.0. The van der Waals surface area contributed by atoms with Gasteiger partial charge in [-0.2, -0.15) is 0 Å². The van der Waals surface area contributed by atoms with E-state index in [-0.39, 0.29) is 12.5 Å².